The number of hydrogen-bond donors (Lipinski definition) is 0. The molecule has 0 spiro atoms. The minimum atomic E-state index is 0.836. The molecule has 0 N–H and O–H groups in total. The molecule has 0 amide bonds. The fourth-order valence-corrected chi connectivity index (χ4v) is 0.777. The van der Waals surface area contributed by atoms with Crippen LogP contribution in [-0.4, -0.2) is 10.2 Å². The zero-order valence-corrected chi connectivity index (χ0v) is 5.16. The number of hydrogen-bond acceptors (Lipinski definition) is 3. The lowest BCUT2D eigenvalue weighted by Crippen LogP contribution is -1.58. The average Bonchev–Trinajstić information content (AvgIpc) is 1.86. The lowest BCUT2D eigenvalue weighted by molar-refractivity contribution is 1.07. The minimum absolute atomic E-state index is 0.836. The standard InChI is InChI=1S/C2HBrN2S/c3-2-5-4-1-6-2/h1H. The maximum atomic E-state index is 3.60. The van der Waals surface area contributed by atoms with Gasteiger partial charge >= 0.3 is 0 Å². The van der Waals surface area contributed by atoms with Crippen molar-refractivity contribution in [3.63, 3.8) is 0 Å². The maximum Gasteiger partial charge on any atom is 0.183 e. The van der Waals surface area contributed by atoms with Gasteiger partial charge in [-0.05, 0) is 15.9 Å². The van der Waals surface area contributed by atoms with Gasteiger partial charge in [0.1, 0.15) is 5.51 Å². The highest BCUT2D eigenvalue weighted by atomic mass is 79.9. The van der Waals surface area contributed by atoms with E-state index >= 15 is 0 Å². The Morgan fingerprint density at radius 2 is 2.67 bits per heavy atom. The first-order chi connectivity index (χ1) is 2.89. The van der Waals surface area contributed by atoms with Crippen molar-refractivity contribution in [2.45, 2.75) is 0 Å². The molecule has 1 rings (SSSR count). The maximum absolute atomic E-state index is 3.60. The monoisotopic (exact) mass is 164 g/mol. The van der Waals surface area contributed by atoms with Crippen LogP contribution in [0, 0.1) is 0 Å². The summed E-state index contributed by atoms with van der Waals surface area (Å²) in [6.45, 7) is 0. The van der Waals surface area contributed by atoms with E-state index in [-0.39, 0.29) is 0 Å². The third kappa shape index (κ3) is 0.753. The van der Waals surface area contributed by atoms with Crippen LogP contribution in [0.15, 0.2) is 9.43 Å². The van der Waals surface area contributed by atoms with Gasteiger partial charge in [0.15, 0.2) is 3.92 Å². The zero-order valence-electron chi connectivity index (χ0n) is 2.76. The number of aromatic nitrogens is 2. The Hall–Kier alpha value is 0.0400. The van der Waals surface area contributed by atoms with Crippen molar-refractivity contribution in [1.82, 2.24) is 10.2 Å². The summed E-state index contributed by atoms with van der Waals surface area (Å²) >= 11 is 4.60. The molecule has 0 aliphatic rings. The second kappa shape index (κ2) is 1.66. The lowest BCUT2D eigenvalue weighted by Gasteiger charge is -1.58. The van der Waals surface area contributed by atoms with Crippen LogP contribution in [-0.2, 0) is 0 Å². The van der Waals surface area contributed by atoms with Gasteiger partial charge in [0, 0.05) is 0 Å². The third-order valence-corrected chi connectivity index (χ3v) is 1.53. The predicted molar refractivity (Wildman–Crippen MR) is 27.6 cm³/mol. The second-order valence-corrected chi connectivity index (χ2v) is 2.80. The molecule has 0 atom stereocenters. The normalized spacial score (nSPS) is 8.83. The first-order valence-electron chi connectivity index (χ1n) is 1.31. The first-order valence-corrected chi connectivity index (χ1v) is 2.98. The molecule has 0 saturated carbocycles. The van der Waals surface area contributed by atoms with Crippen molar-refractivity contribution in [2.24, 2.45) is 0 Å². The molecule has 1 aromatic heterocycles. The average molecular weight is 165 g/mol. The van der Waals surface area contributed by atoms with Gasteiger partial charge in [-0.25, -0.2) is 0 Å². The molecule has 0 aliphatic heterocycles. The second-order valence-electron chi connectivity index (χ2n) is 0.692. The summed E-state index contributed by atoms with van der Waals surface area (Å²) in [4.78, 5) is 0. The van der Waals surface area contributed by atoms with Crippen LogP contribution >= 0.6 is 27.3 Å². The SMILES string of the molecule is Brc1nncs1. The van der Waals surface area contributed by atoms with Gasteiger partial charge in [0.2, 0.25) is 0 Å². The Kier molecular flexibility index (Phi) is 1.16. The predicted octanol–water partition coefficient (Wildman–Crippen LogP) is 1.30. The van der Waals surface area contributed by atoms with E-state index < -0.39 is 0 Å². The van der Waals surface area contributed by atoms with Gasteiger partial charge in [-0.15, -0.1) is 10.2 Å². The van der Waals surface area contributed by atoms with Gasteiger partial charge in [0.25, 0.3) is 0 Å². The van der Waals surface area contributed by atoms with Crippen molar-refractivity contribution in [2.75, 3.05) is 0 Å². The highest BCUT2D eigenvalue weighted by molar-refractivity contribution is 9.11. The van der Waals surface area contributed by atoms with E-state index in [2.05, 4.69) is 26.1 Å². The van der Waals surface area contributed by atoms with Gasteiger partial charge in [-0.3, -0.25) is 0 Å². The van der Waals surface area contributed by atoms with Crippen LogP contribution in [0.25, 0.3) is 0 Å². The largest absolute Gasteiger partial charge is 0.183 e. The first kappa shape index (κ1) is 4.21. The van der Waals surface area contributed by atoms with Crippen LogP contribution in [0.2, 0.25) is 0 Å². The zero-order chi connectivity index (χ0) is 4.41. The molecule has 0 saturated heterocycles. The molecule has 0 fully saturated rings. The number of rotatable bonds is 0. The molecule has 0 aliphatic carbocycles. The molecule has 1 heterocycles. The van der Waals surface area contributed by atoms with Crippen LogP contribution in [0.1, 0.15) is 0 Å². The Bertz CT molecular complexity index is 115. The molecule has 2 nitrogen and oxygen atoms in total. The van der Waals surface area contributed by atoms with Crippen molar-refractivity contribution >= 4 is 27.3 Å². The summed E-state index contributed by atoms with van der Waals surface area (Å²) in [6.07, 6.45) is 0. The summed E-state index contributed by atoms with van der Waals surface area (Å²) < 4.78 is 0.836. The van der Waals surface area contributed by atoms with Crippen molar-refractivity contribution in [3.05, 3.63) is 9.43 Å². The van der Waals surface area contributed by atoms with Crippen LogP contribution in [0.4, 0.5) is 0 Å². The molecule has 1 aromatic rings. The van der Waals surface area contributed by atoms with E-state index in [1.165, 1.54) is 11.3 Å². The molecule has 0 aromatic carbocycles. The fraction of sp³-hybridized carbons (Fsp3) is 0. The Balaban J connectivity index is 3.05. The smallest absolute Gasteiger partial charge is 0.146 e. The van der Waals surface area contributed by atoms with Crippen molar-refractivity contribution in [3.8, 4) is 0 Å². The van der Waals surface area contributed by atoms with Gasteiger partial charge in [-0.1, -0.05) is 11.3 Å². The Morgan fingerprint density at radius 3 is 2.83 bits per heavy atom. The van der Waals surface area contributed by atoms with E-state index in [9.17, 15) is 0 Å². The van der Waals surface area contributed by atoms with E-state index in [1.807, 2.05) is 0 Å². The highest BCUT2D eigenvalue weighted by Crippen LogP contribution is 2.07. The molecule has 0 radical (unpaired) electrons. The summed E-state index contributed by atoms with van der Waals surface area (Å²) in [5.41, 5.74) is 1.67. The molecule has 4 heteroatoms. The van der Waals surface area contributed by atoms with Crippen LogP contribution < -0.4 is 0 Å². The molecular weight excluding hydrogens is 164 g/mol. The topological polar surface area (TPSA) is 25.8 Å². The van der Waals surface area contributed by atoms with Gasteiger partial charge in [-0.2, -0.15) is 0 Å². The summed E-state index contributed by atoms with van der Waals surface area (Å²) in [5.74, 6) is 0. The number of halogens is 1. The molecule has 6 heavy (non-hydrogen) atoms. The Labute approximate surface area is 47.3 Å². The molecular formula is C2HBrN2S. The summed E-state index contributed by atoms with van der Waals surface area (Å²) in [6, 6.07) is 0. The quantitative estimate of drug-likeness (QED) is 0.578. The minimum Gasteiger partial charge on any atom is -0.146 e. The van der Waals surface area contributed by atoms with Gasteiger partial charge in [0.05, 0.1) is 0 Å². The Morgan fingerprint density at radius 1 is 1.83 bits per heavy atom. The molecule has 0 unspecified atom stereocenters. The highest BCUT2D eigenvalue weighted by Gasteiger charge is 1.80. The summed E-state index contributed by atoms with van der Waals surface area (Å²) in [7, 11) is 0. The van der Waals surface area contributed by atoms with Crippen molar-refractivity contribution < 1.29 is 0 Å². The van der Waals surface area contributed by atoms with E-state index in [0.29, 0.717) is 0 Å². The van der Waals surface area contributed by atoms with Crippen molar-refractivity contribution in [1.29, 1.82) is 0 Å². The third-order valence-electron chi connectivity index (χ3n) is 0.333. The fourth-order valence-electron chi connectivity index (χ4n) is 0.160. The van der Waals surface area contributed by atoms with Crippen LogP contribution in [0.3, 0.4) is 0 Å². The van der Waals surface area contributed by atoms with E-state index in [1.54, 1.807) is 5.51 Å². The van der Waals surface area contributed by atoms with E-state index in [0.717, 1.165) is 3.92 Å². The lowest BCUT2D eigenvalue weighted by atomic mass is 11.6. The van der Waals surface area contributed by atoms with E-state index in [4.69, 9.17) is 0 Å². The van der Waals surface area contributed by atoms with Crippen LogP contribution in [0.5, 0.6) is 0 Å². The molecule has 32 valence electrons. The summed E-state index contributed by atoms with van der Waals surface area (Å²) in [5, 5.41) is 7.15. The molecule has 0 bridgehead atoms. The number of nitrogens with zero attached hydrogens (tertiary/aromatic N) is 2. The van der Waals surface area contributed by atoms with Gasteiger partial charge < -0.3 is 0 Å².